The van der Waals surface area contributed by atoms with E-state index in [1.807, 2.05) is 0 Å². The number of halogens is 1. The van der Waals surface area contributed by atoms with Gasteiger partial charge in [0.1, 0.15) is 18.2 Å². The van der Waals surface area contributed by atoms with E-state index >= 15 is 0 Å². The lowest BCUT2D eigenvalue weighted by molar-refractivity contribution is -0.114. The van der Waals surface area contributed by atoms with Crippen LogP contribution >= 0.6 is 0 Å². The third kappa shape index (κ3) is 3.21. The maximum absolute atomic E-state index is 12.8. The molecule has 0 bridgehead atoms. The quantitative estimate of drug-likeness (QED) is 0.892. The highest BCUT2D eigenvalue weighted by Gasteiger charge is 2.30. The molecular formula is C15H12FN3O3S. The molecule has 0 aromatic heterocycles. The van der Waals surface area contributed by atoms with Crippen LogP contribution in [0.15, 0.2) is 58.4 Å². The SMILES string of the molecule is O=C(CN=C1NS(=O)(=O)c2ccccc21)Nc1ccc(F)cc1. The van der Waals surface area contributed by atoms with E-state index in [0.29, 0.717) is 11.3 Å². The summed E-state index contributed by atoms with van der Waals surface area (Å²) in [6.07, 6.45) is 0. The van der Waals surface area contributed by atoms with E-state index in [4.69, 9.17) is 0 Å². The molecule has 3 rings (SSSR count). The van der Waals surface area contributed by atoms with Crippen molar-refractivity contribution in [1.82, 2.24) is 4.72 Å². The smallest absolute Gasteiger partial charge is 0.263 e. The van der Waals surface area contributed by atoms with Gasteiger partial charge < -0.3 is 5.32 Å². The Hall–Kier alpha value is -2.74. The first-order chi connectivity index (χ1) is 11.0. The Labute approximate surface area is 132 Å². The van der Waals surface area contributed by atoms with Crippen molar-refractivity contribution in [3.05, 3.63) is 59.9 Å². The molecule has 0 saturated heterocycles. The average molecular weight is 333 g/mol. The first kappa shape index (κ1) is 15.2. The fourth-order valence-electron chi connectivity index (χ4n) is 2.14. The molecule has 1 aliphatic heterocycles. The highest BCUT2D eigenvalue weighted by Crippen LogP contribution is 2.22. The lowest BCUT2D eigenvalue weighted by Crippen LogP contribution is -2.24. The van der Waals surface area contributed by atoms with Gasteiger partial charge in [0.05, 0.1) is 4.90 Å². The predicted octanol–water partition coefficient (Wildman–Crippen LogP) is 1.50. The van der Waals surface area contributed by atoms with Crippen LogP contribution in [0.2, 0.25) is 0 Å². The molecular weight excluding hydrogens is 321 g/mol. The molecule has 0 fully saturated rings. The van der Waals surface area contributed by atoms with Gasteiger partial charge in [0.2, 0.25) is 5.91 Å². The highest BCUT2D eigenvalue weighted by molar-refractivity contribution is 7.90. The topological polar surface area (TPSA) is 87.6 Å². The van der Waals surface area contributed by atoms with Crippen LogP contribution in [0.4, 0.5) is 10.1 Å². The number of benzene rings is 2. The number of amidine groups is 1. The fraction of sp³-hybridized carbons (Fsp3) is 0.0667. The van der Waals surface area contributed by atoms with Gasteiger partial charge in [0.15, 0.2) is 0 Å². The zero-order valence-corrected chi connectivity index (χ0v) is 12.6. The van der Waals surface area contributed by atoms with E-state index in [1.54, 1.807) is 18.2 Å². The number of amides is 1. The highest BCUT2D eigenvalue weighted by atomic mass is 32.2. The van der Waals surface area contributed by atoms with Gasteiger partial charge in [-0.05, 0) is 36.4 Å². The van der Waals surface area contributed by atoms with Crippen molar-refractivity contribution in [3.8, 4) is 0 Å². The number of anilines is 1. The van der Waals surface area contributed by atoms with Crippen molar-refractivity contribution >= 4 is 27.5 Å². The molecule has 2 aromatic rings. The number of aliphatic imine (C=N–C) groups is 1. The minimum Gasteiger partial charge on any atom is -0.324 e. The number of nitrogens with zero attached hydrogens (tertiary/aromatic N) is 1. The molecule has 0 saturated carbocycles. The largest absolute Gasteiger partial charge is 0.324 e. The summed E-state index contributed by atoms with van der Waals surface area (Å²) >= 11 is 0. The summed E-state index contributed by atoms with van der Waals surface area (Å²) in [6.45, 7) is -0.260. The lowest BCUT2D eigenvalue weighted by Gasteiger charge is -2.03. The first-order valence-corrected chi connectivity index (χ1v) is 8.16. The Morgan fingerprint density at radius 2 is 1.83 bits per heavy atom. The molecule has 0 unspecified atom stereocenters. The summed E-state index contributed by atoms with van der Waals surface area (Å²) in [5.41, 5.74) is 0.867. The average Bonchev–Trinajstić information content (AvgIpc) is 2.79. The van der Waals surface area contributed by atoms with Gasteiger partial charge >= 0.3 is 0 Å². The van der Waals surface area contributed by atoms with Crippen LogP contribution in [-0.4, -0.2) is 26.7 Å². The molecule has 2 aromatic carbocycles. The fourth-order valence-corrected chi connectivity index (χ4v) is 3.39. The van der Waals surface area contributed by atoms with Gasteiger partial charge in [0, 0.05) is 11.3 Å². The van der Waals surface area contributed by atoms with Crippen LogP contribution in [0.25, 0.3) is 0 Å². The number of hydrogen-bond acceptors (Lipinski definition) is 4. The van der Waals surface area contributed by atoms with Crippen molar-refractivity contribution < 1.29 is 17.6 Å². The summed E-state index contributed by atoms with van der Waals surface area (Å²) in [4.78, 5) is 16.0. The van der Waals surface area contributed by atoms with Crippen molar-refractivity contribution in [1.29, 1.82) is 0 Å². The van der Waals surface area contributed by atoms with Crippen LogP contribution in [0.1, 0.15) is 5.56 Å². The maximum atomic E-state index is 12.8. The van der Waals surface area contributed by atoms with Gasteiger partial charge in [-0.2, -0.15) is 0 Å². The Morgan fingerprint density at radius 1 is 1.13 bits per heavy atom. The summed E-state index contributed by atoms with van der Waals surface area (Å²) in [7, 11) is -3.62. The third-order valence-electron chi connectivity index (χ3n) is 3.17. The lowest BCUT2D eigenvalue weighted by atomic mass is 10.2. The minimum atomic E-state index is -3.62. The van der Waals surface area contributed by atoms with Crippen molar-refractivity contribution in [3.63, 3.8) is 0 Å². The Morgan fingerprint density at radius 3 is 2.57 bits per heavy atom. The third-order valence-corrected chi connectivity index (χ3v) is 4.57. The molecule has 23 heavy (non-hydrogen) atoms. The minimum absolute atomic E-state index is 0.134. The normalized spacial score (nSPS) is 16.7. The second kappa shape index (κ2) is 5.81. The van der Waals surface area contributed by atoms with Gasteiger partial charge in [-0.1, -0.05) is 12.1 Å². The molecule has 0 atom stereocenters. The number of carbonyl (C=O) groups excluding carboxylic acids is 1. The number of fused-ring (bicyclic) bond motifs is 1. The van der Waals surface area contributed by atoms with E-state index in [-0.39, 0.29) is 17.3 Å². The van der Waals surface area contributed by atoms with Gasteiger partial charge in [-0.15, -0.1) is 0 Å². The van der Waals surface area contributed by atoms with Crippen LogP contribution in [0.5, 0.6) is 0 Å². The van der Waals surface area contributed by atoms with Gasteiger partial charge in [-0.25, -0.2) is 12.8 Å². The van der Waals surface area contributed by atoms with Crippen LogP contribution in [-0.2, 0) is 14.8 Å². The molecule has 6 nitrogen and oxygen atoms in total. The van der Waals surface area contributed by atoms with E-state index < -0.39 is 21.7 Å². The second-order valence-electron chi connectivity index (χ2n) is 4.82. The standard InChI is InChI=1S/C15H12FN3O3S/c16-10-5-7-11(8-6-10)18-14(20)9-17-15-12-3-1-2-4-13(12)23(21,22)19-15/h1-8H,9H2,(H,17,19)(H,18,20). The van der Waals surface area contributed by atoms with E-state index in [9.17, 15) is 17.6 Å². The molecule has 8 heteroatoms. The molecule has 118 valence electrons. The van der Waals surface area contributed by atoms with Gasteiger partial charge in [0.25, 0.3) is 10.0 Å². The van der Waals surface area contributed by atoms with Crippen molar-refractivity contribution in [2.24, 2.45) is 4.99 Å². The first-order valence-electron chi connectivity index (χ1n) is 6.68. The van der Waals surface area contributed by atoms with Crippen molar-refractivity contribution in [2.75, 3.05) is 11.9 Å². The second-order valence-corrected chi connectivity index (χ2v) is 6.47. The maximum Gasteiger partial charge on any atom is 0.263 e. The zero-order chi connectivity index (χ0) is 16.4. The predicted molar refractivity (Wildman–Crippen MR) is 83.2 cm³/mol. The summed E-state index contributed by atoms with van der Waals surface area (Å²) in [6, 6.07) is 11.7. The number of hydrogen-bond donors (Lipinski definition) is 2. The molecule has 1 heterocycles. The number of rotatable bonds is 3. The number of sulfonamides is 1. The zero-order valence-electron chi connectivity index (χ0n) is 11.8. The summed E-state index contributed by atoms with van der Waals surface area (Å²) in [5.74, 6) is -0.706. The van der Waals surface area contributed by atoms with Crippen LogP contribution in [0.3, 0.4) is 0 Å². The molecule has 1 amide bonds. The van der Waals surface area contributed by atoms with Crippen LogP contribution in [0, 0.1) is 5.82 Å². The van der Waals surface area contributed by atoms with E-state index in [2.05, 4.69) is 15.0 Å². The van der Waals surface area contributed by atoms with E-state index in [0.717, 1.165) is 0 Å². The molecule has 2 N–H and O–H groups in total. The van der Waals surface area contributed by atoms with E-state index in [1.165, 1.54) is 30.3 Å². The summed E-state index contributed by atoms with van der Waals surface area (Å²) in [5, 5.41) is 2.55. The number of nitrogens with one attached hydrogen (secondary N) is 2. The Bertz CT molecular complexity index is 892. The van der Waals surface area contributed by atoms with Crippen molar-refractivity contribution in [2.45, 2.75) is 4.90 Å². The molecule has 0 radical (unpaired) electrons. The monoisotopic (exact) mass is 333 g/mol. The molecule has 1 aliphatic rings. The molecule has 0 aliphatic carbocycles. The summed E-state index contributed by atoms with van der Waals surface area (Å²) < 4.78 is 38.9. The Balaban J connectivity index is 1.74. The van der Waals surface area contributed by atoms with Crippen LogP contribution < -0.4 is 10.0 Å². The number of carbonyl (C=O) groups is 1. The Kier molecular flexibility index (Phi) is 3.83. The van der Waals surface area contributed by atoms with Gasteiger partial charge in [-0.3, -0.25) is 14.5 Å². The molecule has 0 spiro atoms.